The Hall–Kier alpha value is -1.88. The Morgan fingerprint density at radius 2 is 2.25 bits per heavy atom. The van der Waals surface area contributed by atoms with E-state index >= 15 is 0 Å². The van der Waals surface area contributed by atoms with E-state index in [0.717, 1.165) is 16.9 Å². The SMILES string of the molecule is CCC(=O)Nc1ccc(C)c(N2CC(CN)CC2=O)c1. The molecular formula is C15H21N3O2. The van der Waals surface area contributed by atoms with Crippen LogP contribution in [0.2, 0.25) is 0 Å². The molecule has 0 bridgehead atoms. The summed E-state index contributed by atoms with van der Waals surface area (Å²) in [6, 6.07) is 5.64. The molecule has 1 aromatic carbocycles. The smallest absolute Gasteiger partial charge is 0.227 e. The van der Waals surface area contributed by atoms with Gasteiger partial charge in [0.05, 0.1) is 0 Å². The number of benzene rings is 1. The minimum atomic E-state index is -0.0348. The normalized spacial score (nSPS) is 18.4. The van der Waals surface area contributed by atoms with E-state index in [0.29, 0.717) is 25.9 Å². The third-order valence-electron chi connectivity index (χ3n) is 3.64. The van der Waals surface area contributed by atoms with Crippen molar-refractivity contribution in [3.05, 3.63) is 23.8 Å². The molecule has 1 fully saturated rings. The fourth-order valence-corrected chi connectivity index (χ4v) is 2.40. The van der Waals surface area contributed by atoms with Crippen molar-refractivity contribution < 1.29 is 9.59 Å². The van der Waals surface area contributed by atoms with E-state index in [-0.39, 0.29) is 17.7 Å². The van der Waals surface area contributed by atoms with Gasteiger partial charge < -0.3 is 16.0 Å². The molecule has 1 heterocycles. The van der Waals surface area contributed by atoms with E-state index < -0.39 is 0 Å². The summed E-state index contributed by atoms with van der Waals surface area (Å²) < 4.78 is 0. The molecule has 3 N–H and O–H groups in total. The van der Waals surface area contributed by atoms with Crippen molar-refractivity contribution in [3.8, 4) is 0 Å². The minimum absolute atomic E-state index is 0.0348. The van der Waals surface area contributed by atoms with Gasteiger partial charge in [-0.1, -0.05) is 13.0 Å². The number of rotatable bonds is 4. The third kappa shape index (κ3) is 2.99. The summed E-state index contributed by atoms with van der Waals surface area (Å²) in [6.07, 6.45) is 0.933. The number of aryl methyl sites for hydroxylation is 1. The van der Waals surface area contributed by atoms with Crippen molar-refractivity contribution >= 4 is 23.2 Å². The summed E-state index contributed by atoms with van der Waals surface area (Å²) in [6.45, 7) is 4.94. The fourth-order valence-electron chi connectivity index (χ4n) is 2.40. The number of nitrogens with one attached hydrogen (secondary N) is 1. The Kier molecular flexibility index (Phi) is 4.39. The van der Waals surface area contributed by atoms with E-state index in [9.17, 15) is 9.59 Å². The average Bonchev–Trinajstić information content (AvgIpc) is 2.82. The number of carbonyl (C=O) groups is 2. The van der Waals surface area contributed by atoms with Gasteiger partial charge in [-0.05, 0) is 37.1 Å². The Labute approximate surface area is 119 Å². The Morgan fingerprint density at radius 3 is 2.85 bits per heavy atom. The second kappa shape index (κ2) is 6.05. The Balaban J connectivity index is 2.25. The largest absolute Gasteiger partial charge is 0.330 e. The predicted molar refractivity (Wildman–Crippen MR) is 79.6 cm³/mol. The van der Waals surface area contributed by atoms with Gasteiger partial charge in [0.25, 0.3) is 0 Å². The van der Waals surface area contributed by atoms with Crippen LogP contribution in [-0.2, 0) is 9.59 Å². The molecule has 108 valence electrons. The maximum absolute atomic E-state index is 12.1. The number of carbonyl (C=O) groups excluding carboxylic acids is 2. The highest BCUT2D eigenvalue weighted by molar-refractivity contribution is 5.98. The van der Waals surface area contributed by atoms with Crippen molar-refractivity contribution in [2.45, 2.75) is 26.7 Å². The molecule has 1 aromatic rings. The third-order valence-corrected chi connectivity index (χ3v) is 3.64. The zero-order chi connectivity index (χ0) is 14.7. The van der Waals surface area contributed by atoms with E-state index in [2.05, 4.69) is 5.32 Å². The first-order chi connectivity index (χ1) is 9.55. The van der Waals surface area contributed by atoms with E-state index in [1.165, 1.54) is 0 Å². The van der Waals surface area contributed by atoms with Gasteiger partial charge in [0.15, 0.2) is 0 Å². The molecule has 1 atom stereocenters. The molecule has 0 spiro atoms. The number of hydrogen-bond donors (Lipinski definition) is 2. The molecule has 0 aliphatic carbocycles. The highest BCUT2D eigenvalue weighted by Gasteiger charge is 2.30. The van der Waals surface area contributed by atoms with Gasteiger partial charge in [-0.3, -0.25) is 9.59 Å². The molecule has 5 nitrogen and oxygen atoms in total. The second-order valence-corrected chi connectivity index (χ2v) is 5.21. The molecule has 2 rings (SSSR count). The molecule has 0 aromatic heterocycles. The maximum Gasteiger partial charge on any atom is 0.227 e. The molecule has 1 aliphatic rings. The molecule has 5 heteroatoms. The van der Waals surface area contributed by atoms with Crippen LogP contribution in [0.4, 0.5) is 11.4 Å². The minimum Gasteiger partial charge on any atom is -0.330 e. The molecule has 20 heavy (non-hydrogen) atoms. The standard InChI is InChI=1S/C15H21N3O2/c1-3-14(19)17-12-5-4-10(2)13(7-12)18-9-11(8-16)6-15(18)20/h4-5,7,11H,3,6,8-9,16H2,1-2H3,(H,17,19). The quantitative estimate of drug-likeness (QED) is 0.877. The molecule has 1 aliphatic heterocycles. The number of hydrogen-bond acceptors (Lipinski definition) is 3. The molecule has 0 radical (unpaired) electrons. The summed E-state index contributed by atoms with van der Waals surface area (Å²) in [5, 5.41) is 2.82. The van der Waals surface area contributed by atoms with Crippen LogP contribution in [0.1, 0.15) is 25.3 Å². The number of amides is 2. The first kappa shape index (κ1) is 14.5. The van der Waals surface area contributed by atoms with Crippen molar-refractivity contribution in [2.75, 3.05) is 23.3 Å². The molecule has 0 saturated carbocycles. The van der Waals surface area contributed by atoms with Gasteiger partial charge in [-0.25, -0.2) is 0 Å². The van der Waals surface area contributed by atoms with Gasteiger partial charge in [-0.15, -0.1) is 0 Å². The summed E-state index contributed by atoms with van der Waals surface area (Å²) in [7, 11) is 0. The fraction of sp³-hybridized carbons (Fsp3) is 0.467. The molecular weight excluding hydrogens is 254 g/mol. The first-order valence-corrected chi connectivity index (χ1v) is 6.96. The topological polar surface area (TPSA) is 75.4 Å². The zero-order valence-corrected chi connectivity index (χ0v) is 12.0. The first-order valence-electron chi connectivity index (χ1n) is 6.96. The zero-order valence-electron chi connectivity index (χ0n) is 12.0. The van der Waals surface area contributed by atoms with Crippen LogP contribution in [0.15, 0.2) is 18.2 Å². The molecule has 2 amide bonds. The summed E-state index contributed by atoms with van der Waals surface area (Å²) >= 11 is 0. The van der Waals surface area contributed by atoms with Crippen LogP contribution in [0.3, 0.4) is 0 Å². The van der Waals surface area contributed by atoms with Crippen LogP contribution >= 0.6 is 0 Å². The summed E-state index contributed by atoms with van der Waals surface area (Å²) in [4.78, 5) is 25.3. The van der Waals surface area contributed by atoms with Gasteiger partial charge >= 0.3 is 0 Å². The van der Waals surface area contributed by atoms with E-state index in [1.807, 2.05) is 25.1 Å². The lowest BCUT2D eigenvalue weighted by atomic mass is 10.1. The Bertz CT molecular complexity index is 528. The lowest BCUT2D eigenvalue weighted by Gasteiger charge is -2.20. The van der Waals surface area contributed by atoms with Crippen molar-refractivity contribution in [2.24, 2.45) is 11.7 Å². The van der Waals surface area contributed by atoms with Crippen molar-refractivity contribution in [1.82, 2.24) is 0 Å². The van der Waals surface area contributed by atoms with E-state index in [4.69, 9.17) is 5.73 Å². The highest BCUT2D eigenvalue weighted by Crippen LogP contribution is 2.30. The van der Waals surface area contributed by atoms with Gasteiger partial charge in [0.2, 0.25) is 11.8 Å². The summed E-state index contributed by atoms with van der Waals surface area (Å²) in [5.41, 5.74) is 8.26. The average molecular weight is 275 g/mol. The number of nitrogens with two attached hydrogens (primary N) is 1. The maximum atomic E-state index is 12.1. The number of nitrogens with zero attached hydrogens (tertiary/aromatic N) is 1. The van der Waals surface area contributed by atoms with Gasteiger partial charge in [0, 0.05) is 30.8 Å². The van der Waals surface area contributed by atoms with Gasteiger partial charge in [-0.2, -0.15) is 0 Å². The highest BCUT2D eigenvalue weighted by atomic mass is 16.2. The van der Waals surface area contributed by atoms with Crippen LogP contribution in [0.5, 0.6) is 0 Å². The van der Waals surface area contributed by atoms with Crippen LogP contribution in [0, 0.1) is 12.8 Å². The van der Waals surface area contributed by atoms with Gasteiger partial charge in [0.1, 0.15) is 0 Å². The monoisotopic (exact) mass is 275 g/mol. The van der Waals surface area contributed by atoms with Crippen LogP contribution in [-0.4, -0.2) is 24.9 Å². The molecule has 1 unspecified atom stereocenters. The lowest BCUT2D eigenvalue weighted by molar-refractivity contribution is -0.117. The predicted octanol–water partition coefficient (Wildman–Crippen LogP) is 1.66. The lowest BCUT2D eigenvalue weighted by Crippen LogP contribution is -2.26. The van der Waals surface area contributed by atoms with E-state index in [1.54, 1.807) is 11.8 Å². The molecule has 1 saturated heterocycles. The Morgan fingerprint density at radius 1 is 1.50 bits per heavy atom. The number of anilines is 2. The van der Waals surface area contributed by atoms with Crippen LogP contribution in [0.25, 0.3) is 0 Å². The van der Waals surface area contributed by atoms with Crippen molar-refractivity contribution in [1.29, 1.82) is 0 Å². The summed E-state index contributed by atoms with van der Waals surface area (Å²) in [5.74, 6) is 0.283. The second-order valence-electron chi connectivity index (χ2n) is 5.21. The van der Waals surface area contributed by atoms with Crippen LogP contribution < -0.4 is 16.0 Å². The van der Waals surface area contributed by atoms with Crippen molar-refractivity contribution in [3.63, 3.8) is 0 Å².